The van der Waals surface area contributed by atoms with Gasteiger partial charge >= 0.3 is 8.56 Å². The summed E-state index contributed by atoms with van der Waals surface area (Å²) in [5.74, 6) is 2.70. The van der Waals surface area contributed by atoms with E-state index in [1.54, 1.807) is 10.4 Å². The second-order valence-electron chi connectivity index (χ2n) is 39.0. The molecule has 0 aromatic heterocycles. The molecule has 9 aromatic carbocycles. The molecule has 13 rings (SSSR count). The topological polar surface area (TPSA) is 112 Å². The lowest BCUT2D eigenvalue weighted by molar-refractivity contribution is 0.260. The van der Waals surface area contributed by atoms with Gasteiger partial charge in [-0.05, 0) is 255 Å². The van der Waals surface area contributed by atoms with Gasteiger partial charge in [-0.2, -0.15) is 0 Å². The normalized spacial score (nSPS) is 15.6. The third-order valence-electron chi connectivity index (χ3n) is 22.7. The van der Waals surface area contributed by atoms with E-state index in [9.17, 15) is 10.2 Å². The van der Waals surface area contributed by atoms with Crippen molar-refractivity contribution < 1.29 is 41.5 Å². The SMILES string of the molecule is CCCCc1cc(C2(c3ccc(O)c(CCCC)c3)c3ccccc3-c3ccccc32)ccc1O.CCCCc1cc(C2(c3ccc(OCC4CO4)c(CCCC)c3)c3ccccc3-c3ccccc32)ccc1OCC1CO1.CCC[Si](C)(C)O[Si](C)(C)CCC.C[Si](C)(C)O[Si](C)(C)O[Si](C)(C)C.C[Si](C)(C)c1ccc([Si](C)(C)C)cc1. The Morgan fingerprint density at radius 1 is 0.331 bits per heavy atom. The molecule has 0 amide bonds. The number of hydrogen-bond donors (Lipinski definition) is 2. The molecule has 0 saturated carbocycles. The monoisotopic (exact) mass is 1710 g/mol. The average molecular weight is 1710 g/mol. The first-order valence-corrected chi connectivity index (χ1v) is 67.6. The van der Waals surface area contributed by atoms with E-state index in [4.69, 9.17) is 31.3 Å². The number of aromatic hydroxyl groups is 2. The number of fused-ring (bicyclic) bond motifs is 6. The molecule has 0 bridgehead atoms. The van der Waals surface area contributed by atoms with Gasteiger partial charge in [0.1, 0.15) is 48.4 Å². The summed E-state index contributed by atoms with van der Waals surface area (Å²) in [6.07, 6.45) is 15.5. The zero-order chi connectivity index (χ0) is 86.1. The van der Waals surface area contributed by atoms with E-state index in [2.05, 4.69) is 341 Å². The van der Waals surface area contributed by atoms with Crippen LogP contribution in [0, 0.1) is 0 Å². The summed E-state index contributed by atoms with van der Waals surface area (Å²) in [6.45, 7) is 57.7. The smallest absolute Gasteiger partial charge is 0.311 e. The molecule has 2 N–H and O–H groups in total. The van der Waals surface area contributed by atoms with E-state index in [0.29, 0.717) is 24.7 Å². The van der Waals surface area contributed by atoms with Crippen LogP contribution < -0.4 is 19.8 Å². The highest BCUT2D eigenvalue weighted by atomic mass is 28.5. The van der Waals surface area contributed by atoms with E-state index in [1.807, 2.05) is 12.1 Å². The van der Waals surface area contributed by atoms with Crippen LogP contribution in [0.25, 0.3) is 22.3 Å². The highest BCUT2D eigenvalue weighted by molar-refractivity contribution is 6.90. The molecule has 638 valence electrons. The molecule has 16 heteroatoms. The Balaban J connectivity index is 0.000000187. The zero-order valence-corrected chi connectivity index (χ0v) is 84.0. The number of phenols is 2. The van der Waals surface area contributed by atoms with Crippen molar-refractivity contribution in [3.8, 4) is 45.3 Å². The fraction of sp³-hybridized carbons (Fsp3) is 0.471. The van der Waals surface area contributed by atoms with E-state index in [1.165, 1.54) is 91.7 Å². The number of benzene rings is 9. The number of aryl methyl sites for hydroxylation is 4. The van der Waals surface area contributed by atoms with Crippen LogP contribution >= 0.6 is 0 Å². The van der Waals surface area contributed by atoms with Crippen LogP contribution in [0.2, 0.25) is 130 Å². The van der Waals surface area contributed by atoms with Crippen molar-refractivity contribution in [3.63, 3.8) is 0 Å². The maximum atomic E-state index is 10.7. The Bertz CT molecular complexity index is 4400. The number of ether oxygens (including phenoxy) is 4. The molecule has 2 fully saturated rings. The van der Waals surface area contributed by atoms with Crippen molar-refractivity contribution in [2.45, 2.75) is 284 Å². The molecule has 2 aliphatic carbocycles. The first kappa shape index (κ1) is 95.3. The van der Waals surface area contributed by atoms with Gasteiger partial charge in [-0.3, -0.25) is 0 Å². The summed E-state index contributed by atoms with van der Waals surface area (Å²) in [6, 6.07) is 73.5. The lowest BCUT2D eigenvalue weighted by atomic mass is 9.67. The number of unbranched alkanes of at least 4 members (excludes halogenated alkanes) is 4. The molecular formula is C102H148O9Si7. The highest BCUT2D eigenvalue weighted by Crippen LogP contribution is 2.59. The standard InChI is InChI=1S/C39H42O4.C33H34O2.C12H22Si2.C10H26OSi2.C8H24O2Si3/c1-3-5-11-27-21-29(17-19-37(27)42-25-31-23-40-31)39(35-15-9-7-13-33(35)34-14-8-10-16-36(34)39)30-18-20-38(43-26-32-24-41-32)28(22-30)12-6-4-2;1-3-5-11-23-21-25(17-19-31(23)34)33(26-18-20-32(35)24(22-26)12-6-4-2)29-15-9-7-13-27(29)28-14-8-10-16-30(28)33;1-13(2,3)11-7-9-12(10-8-11)14(4,5)6;1-7-9-12(3,4)11-13(5,6)10-8-2;1-11(2,3)9-13(7,8)10-12(4,5)6/h7-10,13-22,31-32H,3-6,11-12,23-26H2,1-2H3;7-10,13-22,34-35H,3-6,11-12H2,1-2H3;7-10H,1-6H3;7-10H2,1-6H3;1-8H3. The molecule has 0 radical (unpaired) electrons. The summed E-state index contributed by atoms with van der Waals surface area (Å²) in [7, 11) is -9.55. The van der Waals surface area contributed by atoms with Gasteiger partial charge in [-0.1, -0.05) is 300 Å². The van der Waals surface area contributed by atoms with Crippen LogP contribution in [0.5, 0.6) is 23.0 Å². The number of epoxide rings is 2. The molecule has 9 nitrogen and oxygen atoms in total. The molecule has 4 aliphatic rings. The predicted molar refractivity (Wildman–Crippen MR) is 521 cm³/mol. The third kappa shape index (κ3) is 25.3. The van der Waals surface area contributed by atoms with Crippen molar-refractivity contribution in [1.29, 1.82) is 0 Å². The molecule has 2 unspecified atom stereocenters. The van der Waals surface area contributed by atoms with E-state index >= 15 is 0 Å². The van der Waals surface area contributed by atoms with Gasteiger partial charge in [0.15, 0.2) is 33.3 Å². The maximum Gasteiger partial charge on any atom is 0.311 e. The van der Waals surface area contributed by atoms with Crippen molar-refractivity contribution in [2.24, 2.45) is 0 Å². The predicted octanol–water partition coefficient (Wildman–Crippen LogP) is 26.8. The van der Waals surface area contributed by atoms with Crippen molar-refractivity contribution in [2.75, 3.05) is 26.4 Å². The molecular weight excluding hydrogens is 1570 g/mol. The minimum Gasteiger partial charge on any atom is -0.508 e. The Labute approximate surface area is 721 Å². The molecule has 2 heterocycles. The number of rotatable bonds is 34. The quantitative estimate of drug-likeness (QED) is 0.0301. The minimum atomic E-state index is -1.85. The summed E-state index contributed by atoms with van der Waals surface area (Å²) in [4.78, 5) is 0. The van der Waals surface area contributed by atoms with Crippen LogP contribution in [-0.4, -0.2) is 107 Å². The fourth-order valence-corrected chi connectivity index (χ4v) is 41.4. The van der Waals surface area contributed by atoms with Gasteiger partial charge in [0.05, 0.1) is 40.2 Å². The molecule has 118 heavy (non-hydrogen) atoms. The van der Waals surface area contributed by atoms with Gasteiger partial charge in [0.2, 0.25) is 0 Å². The highest BCUT2D eigenvalue weighted by Gasteiger charge is 2.49. The Kier molecular flexibility index (Phi) is 33.6. The lowest BCUT2D eigenvalue weighted by Crippen LogP contribution is -2.50. The van der Waals surface area contributed by atoms with E-state index in [0.717, 1.165) is 124 Å². The molecule has 2 aliphatic heterocycles. The molecule has 2 saturated heterocycles. The first-order valence-electron chi connectivity index (χ1n) is 44.8. The Morgan fingerprint density at radius 2 is 0.602 bits per heavy atom. The van der Waals surface area contributed by atoms with Crippen LogP contribution in [0.15, 0.2) is 194 Å². The lowest BCUT2D eigenvalue weighted by Gasteiger charge is -2.35. The molecule has 0 spiro atoms. The molecule has 2 atom stereocenters. The minimum absolute atomic E-state index is 0.229. The number of hydrogen-bond acceptors (Lipinski definition) is 9. The second-order valence-corrected chi connectivity index (χ2v) is 70.9. The van der Waals surface area contributed by atoms with Crippen molar-refractivity contribution in [3.05, 3.63) is 261 Å². The molecule has 9 aromatic rings. The van der Waals surface area contributed by atoms with Crippen molar-refractivity contribution in [1.82, 2.24) is 0 Å². The Morgan fingerprint density at radius 3 is 0.864 bits per heavy atom. The maximum absolute atomic E-state index is 10.7. The largest absolute Gasteiger partial charge is 0.508 e. The summed E-state index contributed by atoms with van der Waals surface area (Å²) >= 11 is 0. The van der Waals surface area contributed by atoms with Gasteiger partial charge in [-0.25, -0.2) is 0 Å². The van der Waals surface area contributed by atoms with Gasteiger partial charge < -0.3 is 41.5 Å². The van der Waals surface area contributed by atoms with E-state index in [-0.39, 0.29) is 12.2 Å². The first-order chi connectivity index (χ1) is 55.8. The third-order valence-corrected chi connectivity index (χ3v) is 43.5. The second kappa shape index (κ2) is 41.6. The van der Waals surface area contributed by atoms with Crippen LogP contribution in [-0.2, 0) is 58.3 Å². The van der Waals surface area contributed by atoms with Gasteiger partial charge in [-0.15, -0.1) is 0 Å². The summed E-state index contributed by atoms with van der Waals surface area (Å²) in [5.41, 5.74) is 18.7. The number of phenolic OH excluding ortho intramolecular Hbond substituents is 2. The van der Waals surface area contributed by atoms with Gasteiger partial charge in [0, 0.05) is 0 Å². The van der Waals surface area contributed by atoms with Crippen LogP contribution in [0.3, 0.4) is 0 Å². The zero-order valence-electron chi connectivity index (χ0n) is 77.0. The van der Waals surface area contributed by atoms with Crippen LogP contribution in [0.1, 0.15) is 173 Å². The van der Waals surface area contributed by atoms with Crippen molar-refractivity contribution >= 4 is 68.4 Å². The average Bonchev–Trinajstić information content (AvgIpc) is 1.54. The summed E-state index contributed by atoms with van der Waals surface area (Å²) < 4.78 is 42.1. The van der Waals surface area contributed by atoms with E-state index < -0.39 is 68.8 Å². The Hall–Kier alpha value is -6.50. The summed E-state index contributed by atoms with van der Waals surface area (Å²) in [5, 5.41) is 24.5. The fourth-order valence-electron chi connectivity index (χ4n) is 17.6. The van der Waals surface area contributed by atoms with Gasteiger partial charge in [0.25, 0.3) is 0 Å². The van der Waals surface area contributed by atoms with Crippen LogP contribution in [0.4, 0.5) is 0 Å².